The van der Waals surface area contributed by atoms with E-state index in [4.69, 9.17) is 14.2 Å². The van der Waals surface area contributed by atoms with Crippen LogP contribution in [0, 0.1) is 0 Å². The SMILES string of the molecule is CC/C=C/C/C=C/CCCCCCCCCC(=O)OC1C(OCC(NC(=O)C(O)CCCCCCCCCCCCCCCCCC/C=C/CCCCCCCC)C(O)/C=C/CCCCCCCCCCC)OC(CO)C(O)C1O. The fourth-order valence-electron chi connectivity index (χ4n) is 10.6. The van der Waals surface area contributed by atoms with Gasteiger partial charge in [0.1, 0.15) is 24.4 Å². The van der Waals surface area contributed by atoms with Crippen molar-refractivity contribution in [3.05, 3.63) is 48.6 Å². The molecule has 80 heavy (non-hydrogen) atoms. The summed E-state index contributed by atoms with van der Waals surface area (Å²) in [6, 6.07) is -1.02. The second-order valence-corrected chi connectivity index (χ2v) is 23.5. The topological polar surface area (TPSA) is 175 Å². The fraction of sp³-hybridized carbons (Fsp3) is 0.855. The van der Waals surface area contributed by atoms with Crippen LogP contribution in [0.15, 0.2) is 48.6 Å². The van der Waals surface area contributed by atoms with Crippen LogP contribution in [-0.4, -0.2) is 99.6 Å². The fourth-order valence-corrected chi connectivity index (χ4v) is 10.6. The number of nitrogens with one attached hydrogen (secondary N) is 1. The Labute approximate surface area is 491 Å². The lowest BCUT2D eigenvalue weighted by molar-refractivity contribution is -0.305. The molecule has 11 nitrogen and oxygen atoms in total. The van der Waals surface area contributed by atoms with Crippen LogP contribution in [0.1, 0.15) is 316 Å². The van der Waals surface area contributed by atoms with Gasteiger partial charge in [-0.1, -0.05) is 281 Å². The van der Waals surface area contributed by atoms with Gasteiger partial charge in [-0.05, 0) is 77.0 Å². The van der Waals surface area contributed by atoms with Gasteiger partial charge in [0.25, 0.3) is 0 Å². The number of ether oxygens (including phenoxy) is 3. The number of amides is 1. The third-order valence-corrected chi connectivity index (χ3v) is 16.0. The number of rotatable bonds is 58. The standard InChI is InChI=1S/C69H127NO10/c1-4-7-10-13-16-19-22-24-26-27-28-29-30-31-32-33-34-35-36-37-38-41-44-47-50-53-56-62(73)68(77)70-60(61(72)55-52-49-46-43-40-21-18-15-12-9-6-3)59-78-69-67(66(76)65(75)63(58-71)79-69)80-64(74)57-54-51-48-45-42-39-25-23-20-17-14-11-8-5-2/h8,11,17,20,24,26,52,55,60-63,65-67,69,71-73,75-76H,4-7,9-10,12-16,18-19,21-23,25,27-51,53-54,56-59H2,1-3H3,(H,70,77)/b11-8+,20-17+,26-24+,55-52+. The predicted molar refractivity (Wildman–Crippen MR) is 334 cm³/mol. The predicted octanol–water partition coefficient (Wildman–Crippen LogP) is 16.8. The number of esters is 1. The van der Waals surface area contributed by atoms with Crippen molar-refractivity contribution in [3.8, 4) is 0 Å². The molecule has 1 aliphatic heterocycles. The molecule has 0 radical (unpaired) electrons. The zero-order valence-electron chi connectivity index (χ0n) is 52.0. The van der Waals surface area contributed by atoms with E-state index in [9.17, 15) is 35.1 Å². The zero-order chi connectivity index (χ0) is 58.2. The van der Waals surface area contributed by atoms with E-state index in [0.717, 1.165) is 83.5 Å². The molecule has 8 atom stereocenters. The Morgan fingerprint density at radius 2 is 0.900 bits per heavy atom. The first kappa shape index (κ1) is 75.6. The molecule has 0 aromatic heterocycles. The number of unbranched alkanes of at least 4 members (excludes halogenated alkanes) is 38. The minimum atomic E-state index is -1.62. The minimum absolute atomic E-state index is 0.115. The molecular formula is C69H127NO10. The molecule has 6 N–H and O–H groups in total. The van der Waals surface area contributed by atoms with E-state index >= 15 is 0 Å². The van der Waals surface area contributed by atoms with Crippen LogP contribution in [0.2, 0.25) is 0 Å². The van der Waals surface area contributed by atoms with Crippen molar-refractivity contribution in [1.82, 2.24) is 5.32 Å². The van der Waals surface area contributed by atoms with Gasteiger partial charge in [0, 0.05) is 6.42 Å². The van der Waals surface area contributed by atoms with Crippen molar-refractivity contribution in [1.29, 1.82) is 0 Å². The molecule has 8 unspecified atom stereocenters. The quantitative estimate of drug-likeness (QED) is 0.0195. The van der Waals surface area contributed by atoms with E-state index < -0.39 is 67.4 Å². The summed E-state index contributed by atoms with van der Waals surface area (Å²) < 4.78 is 17.6. The van der Waals surface area contributed by atoms with E-state index in [1.165, 1.54) is 186 Å². The number of hydrogen-bond acceptors (Lipinski definition) is 10. The van der Waals surface area contributed by atoms with Crippen LogP contribution in [0.3, 0.4) is 0 Å². The summed E-state index contributed by atoms with van der Waals surface area (Å²) in [7, 11) is 0. The molecule has 0 bridgehead atoms. The monoisotopic (exact) mass is 1130 g/mol. The van der Waals surface area contributed by atoms with Crippen LogP contribution in [0.25, 0.3) is 0 Å². The van der Waals surface area contributed by atoms with Gasteiger partial charge >= 0.3 is 5.97 Å². The highest BCUT2D eigenvalue weighted by atomic mass is 16.7. The zero-order valence-corrected chi connectivity index (χ0v) is 52.0. The molecule has 0 aromatic carbocycles. The maximum Gasteiger partial charge on any atom is 0.306 e. The van der Waals surface area contributed by atoms with E-state index in [1.54, 1.807) is 6.08 Å². The number of aliphatic hydroxyl groups is 5. The summed E-state index contributed by atoms with van der Waals surface area (Å²) >= 11 is 0. The second-order valence-electron chi connectivity index (χ2n) is 23.5. The van der Waals surface area contributed by atoms with Gasteiger partial charge in [-0.2, -0.15) is 0 Å². The van der Waals surface area contributed by atoms with Gasteiger partial charge in [0.05, 0.1) is 25.4 Å². The van der Waals surface area contributed by atoms with Gasteiger partial charge < -0.3 is 45.1 Å². The third-order valence-electron chi connectivity index (χ3n) is 16.0. The van der Waals surface area contributed by atoms with Gasteiger partial charge in [-0.25, -0.2) is 0 Å². The molecule has 0 saturated carbocycles. The van der Waals surface area contributed by atoms with Crippen molar-refractivity contribution in [2.24, 2.45) is 0 Å². The summed E-state index contributed by atoms with van der Waals surface area (Å²) in [6.45, 7) is 5.69. The minimum Gasteiger partial charge on any atom is -0.454 e. The summed E-state index contributed by atoms with van der Waals surface area (Å²) in [5.41, 5.74) is 0. The van der Waals surface area contributed by atoms with E-state index in [1.807, 2.05) is 6.08 Å². The highest BCUT2D eigenvalue weighted by Crippen LogP contribution is 2.26. The Morgan fingerprint density at radius 1 is 0.500 bits per heavy atom. The summed E-state index contributed by atoms with van der Waals surface area (Å²) in [5, 5.41) is 57.0. The Hall–Kier alpha value is -2.38. The molecule has 0 spiro atoms. The number of hydrogen-bond donors (Lipinski definition) is 6. The first-order chi connectivity index (χ1) is 39.2. The van der Waals surface area contributed by atoms with Gasteiger partial charge in [-0.3, -0.25) is 9.59 Å². The first-order valence-electron chi connectivity index (χ1n) is 33.9. The average molecular weight is 1130 g/mol. The van der Waals surface area contributed by atoms with Crippen molar-refractivity contribution < 1.29 is 49.3 Å². The Bertz CT molecular complexity index is 1490. The third kappa shape index (κ3) is 44.2. The van der Waals surface area contributed by atoms with Gasteiger partial charge in [0.15, 0.2) is 12.4 Å². The van der Waals surface area contributed by atoms with Crippen LogP contribution < -0.4 is 5.32 Å². The Balaban J connectivity index is 2.54. The maximum absolute atomic E-state index is 13.5. The molecule has 0 aromatic rings. The number of carbonyl (C=O) groups excluding carboxylic acids is 2. The van der Waals surface area contributed by atoms with Crippen molar-refractivity contribution in [3.63, 3.8) is 0 Å². The lowest BCUT2D eigenvalue weighted by atomic mass is 9.99. The first-order valence-corrected chi connectivity index (χ1v) is 33.9. The number of allylic oxidation sites excluding steroid dienone is 7. The van der Waals surface area contributed by atoms with E-state index in [-0.39, 0.29) is 13.0 Å². The molecular weight excluding hydrogens is 1000 g/mol. The molecule has 1 amide bonds. The largest absolute Gasteiger partial charge is 0.454 e. The van der Waals surface area contributed by atoms with Crippen LogP contribution in [-0.2, 0) is 23.8 Å². The van der Waals surface area contributed by atoms with Crippen LogP contribution in [0.5, 0.6) is 0 Å². The summed E-state index contributed by atoms with van der Waals surface area (Å²) in [4.78, 5) is 26.6. The summed E-state index contributed by atoms with van der Waals surface area (Å²) in [5.74, 6) is -1.19. The molecule has 1 aliphatic rings. The normalized spacial score (nSPS) is 19.0. The highest BCUT2D eigenvalue weighted by Gasteiger charge is 2.47. The number of carbonyl (C=O) groups is 2. The lowest BCUT2D eigenvalue weighted by Crippen LogP contribution is -2.61. The molecule has 1 saturated heterocycles. The van der Waals surface area contributed by atoms with E-state index in [2.05, 4.69) is 62.5 Å². The van der Waals surface area contributed by atoms with Crippen LogP contribution >= 0.6 is 0 Å². The summed E-state index contributed by atoms with van der Waals surface area (Å²) in [6.07, 6.45) is 60.3. The Morgan fingerprint density at radius 3 is 1.35 bits per heavy atom. The smallest absolute Gasteiger partial charge is 0.306 e. The van der Waals surface area contributed by atoms with Crippen LogP contribution in [0.4, 0.5) is 0 Å². The van der Waals surface area contributed by atoms with Crippen molar-refractivity contribution in [2.45, 2.75) is 365 Å². The second kappa shape index (κ2) is 57.1. The molecule has 0 aliphatic carbocycles. The van der Waals surface area contributed by atoms with Crippen molar-refractivity contribution >= 4 is 11.9 Å². The Kier molecular flexibility index (Phi) is 54.0. The van der Waals surface area contributed by atoms with Gasteiger partial charge in [-0.15, -0.1) is 0 Å². The molecule has 11 heteroatoms. The average Bonchev–Trinajstić information content (AvgIpc) is 3.46. The van der Waals surface area contributed by atoms with E-state index in [0.29, 0.717) is 19.3 Å². The molecule has 1 fully saturated rings. The number of aliphatic hydroxyl groups excluding tert-OH is 5. The highest BCUT2D eigenvalue weighted by molar-refractivity contribution is 5.80. The molecule has 468 valence electrons. The molecule has 1 rings (SSSR count). The van der Waals surface area contributed by atoms with Gasteiger partial charge in [0.2, 0.25) is 5.91 Å². The maximum atomic E-state index is 13.5. The molecule has 1 heterocycles. The van der Waals surface area contributed by atoms with Crippen molar-refractivity contribution in [2.75, 3.05) is 13.2 Å². The lowest BCUT2D eigenvalue weighted by Gasteiger charge is -2.41.